The molecular weight excluding hydrogens is 277 g/mol. The van der Waals surface area contributed by atoms with E-state index < -0.39 is 0 Å². The van der Waals surface area contributed by atoms with Crippen LogP contribution in [-0.2, 0) is 6.42 Å². The largest absolute Gasteiger partial charge is 0.325 e. The van der Waals surface area contributed by atoms with Crippen LogP contribution in [0.2, 0.25) is 10.0 Å². The first-order valence-corrected chi connectivity index (χ1v) is 6.95. The molecule has 2 aromatic carbocycles. The van der Waals surface area contributed by atoms with Crippen molar-refractivity contribution in [3.63, 3.8) is 0 Å². The molecule has 0 aliphatic carbocycles. The lowest BCUT2D eigenvalue weighted by atomic mass is 9.94. The summed E-state index contributed by atoms with van der Waals surface area (Å²) in [5, 5.41) is 1.16. The zero-order valence-electron chi connectivity index (χ0n) is 11.1. The number of hydrogen-bond acceptors (Lipinski definition) is 1. The molecular formula is C16H17Cl2N. The summed E-state index contributed by atoms with van der Waals surface area (Å²) in [7, 11) is 0. The maximum Gasteiger partial charge on any atom is 0.0670 e. The summed E-state index contributed by atoms with van der Waals surface area (Å²) >= 11 is 12.3. The molecule has 0 heterocycles. The topological polar surface area (TPSA) is 26.0 Å². The second kappa shape index (κ2) is 5.54. The maximum atomic E-state index is 6.26. The minimum atomic E-state index is -0.225. The molecule has 19 heavy (non-hydrogen) atoms. The van der Waals surface area contributed by atoms with Gasteiger partial charge in [0.15, 0.2) is 0 Å². The van der Waals surface area contributed by atoms with E-state index >= 15 is 0 Å². The van der Waals surface area contributed by atoms with Crippen molar-refractivity contribution >= 4 is 23.2 Å². The van der Waals surface area contributed by atoms with Crippen molar-refractivity contribution in [2.24, 2.45) is 5.73 Å². The molecule has 0 aliphatic heterocycles. The SMILES string of the molecule is CC(C)(N)Cc1cccc(-c2cccc(Cl)c2Cl)c1. The normalized spacial score (nSPS) is 11.6. The highest BCUT2D eigenvalue weighted by atomic mass is 35.5. The van der Waals surface area contributed by atoms with Gasteiger partial charge in [-0.1, -0.05) is 59.6 Å². The van der Waals surface area contributed by atoms with E-state index in [1.807, 2.05) is 38.1 Å². The van der Waals surface area contributed by atoms with Crippen molar-refractivity contribution in [1.82, 2.24) is 0 Å². The van der Waals surface area contributed by atoms with Gasteiger partial charge >= 0.3 is 0 Å². The van der Waals surface area contributed by atoms with E-state index in [2.05, 4.69) is 12.1 Å². The third kappa shape index (κ3) is 3.73. The van der Waals surface area contributed by atoms with Crippen LogP contribution in [-0.4, -0.2) is 5.54 Å². The second-order valence-electron chi connectivity index (χ2n) is 5.47. The fourth-order valence-electron chi connectivity index (χ4n) is 2.10. The molecule has 0 aliphatic rings. The highest BCUT2D eigenvalue weighted by Gasteiger charge is 2.13. The monoisotopic (exact) mass is 293 g/mol. The van der Waals surface area contributed by atoms with Crippen LogP contribution >= 0.6 is 23.2 Å². The summed E-state index contributed by atoms with van der Waals surface area (Å²) in [5.74, 6) is 0. The highest BCUT2D eigenvalue weighted by Crippen LogP contribution is 2.33. The molecule has 0 radical (unpaired) electrons. The molecule has 1 nitrogen and oxygen atoms in total. The lowest BCUT2D eigenvalue weighted by Gasteiger charge is -2.19. The predicted molar refractivity (Wildman–Crippen MR) is 83.9 cm³/mol. The Kier molecular flexibility index (Phi) is 4.19. The molecule has 100 valence electrons. The van der Waals surface area contributed by atoms with E-state index in [-0.39, 0.29) is 5.54 Å². The van der Waals surface area contributed by atoms with Gasteiger partial charge in [0.25, 0.3) is 0 Å². The zero-order valence-corrected chi connectivity index (χ0v) is 12.6. The molecule has 0 fully saturated rings. The number of nitrogens with two attached hydrogens (primary N) is 1. The Bertz CT molecular complexity index is 586. The van der Waals surface area contributed by atoms with Gasteiger partial charge in [-0.3, -0.25) is 0 Å². The summed E-state index contributed by atoms with van der Waals surface area (Å²) < 4.78 is 0. The molecule has 0 aromatic heterocycles. The molecule has 0 saturated carbocycles. The van der Waals surface area contributed by atoms with E-state index in [9.17, 15) is 0 Å². The summed E-state index contributed by atoms with van der Waals surface area (Å²) in [6.07, 6.45) is 0.818. The molecule has 0 atom stereocenters. The van der Waals surface area contributed by atoms with E-state index in [1.165, 1.54) is 5.56 Å². The van der Waals surface area contributed by atoms with Crippen molar-refractivity contribution in [3.05, 3.63) is 58.1 Å². The van der Waals surface area contributed by atoms with Gasteiger partial charge in [0.1, 0.15) is 0 Å². The van der Waals surface area contributed by atoms with Crippen molar-refractivity contribution < 1.29 is 0 Å². The highest BCUT2D eigenvalue weighted by molar-refractivity contribution is 6.43. The zero-order chi connectivity index (χ0) is 14.0. The van der Waals surface area contributed by atoms with E-state index in [0.717, 1.165) is 17.5 Å². The van der Waals surface area contributed by atoms with Crippen LogP contribution in [0.15, 0.2) is 42.5 Å². The van der Waals surface area contributed by atoms with E-state index in [0.29, 0.717) is 10.0 Å². The van der Waals surface area contributed by atoms with Crippen molar-refractivity contribution in [2.75, 3.05) is 0 Å². The van der Waals surface area contributed by atoms with Crippen molar-refractivity contribution in [2.45, 2.75) is 25.8 Å². The maximum absolute atomic E-state index is 6.26. The first kappa shape index (κ1) is 14.4. The van der Waals surface area contributed by atoms with Crippen LogP contribution in [0, 0.1) is 0 Å². The lowest BCUT2D eigenvalue weighted by Crippen LogP contribution is -2.34. The van der Waals surface area contributed by atoms with Crippen LogP contribution in [0.25, 0.3) is 11.1 Å². The Labute approximate surface area is 124 Å². The smallest absolute Gasteiger partial charge is 0.0670 e. The van der Waals surface area contributed by atoms with E-state index in [4.69, 9.17) is 28.9 Å². The van der Waals surface area contributed by atoms with Crippen LogP contribution in [0.1, 0.15) is 19.4 Å². The first-order chi connectivity index (χ1) is 8.87. The lowest BCUT2D eigenvalue weighted by molar-refractivity contribution is 0.517. The Morgan fingerprint density at radius 3 is 2.42 bits per heavy atom. The van der Waals surface area contributed by atoms with Gasteiger partial charge in [-0.15, -0.1) is 0 Å². The molecule has 0 bridgehead atoms. The van der Waals surface area contributed by atoms with Crippen molar-refractivity contribution in [1.29, 1.82) is 0 Å². The number of hydrogen-bond donors (Lipinski definition) is 1. The van der Waals surface area contributed by atoms with Gasteiger partial charge in [-0.05, 0) is 37.5 Å². The molecule has 0 amide bonds. The van der Waals surface area contributed by atoms with E-state index in [1.54, 1.807) is 6.07 Å². The van der Waals surface area contributed by atoms with Gasteiger partial charge < -0.3 is 5.73 Å². The van der Waals surface area contributed by atoms with Gasteiger partial charge in [0.05, 0.1) is 10.0 Å². The number of halogens is 2. The standard InChI is InChI=1S/C16H17Cl2N/c1-16(2,19)10-11-5-3-6-12(9-11)13-7-4-8-14(17)15(13)18/h3-9H,10,19H2,1-2H3. The number of rotatable bonds is 3. The Hall–Kier alpha value is -1.02. The Morgan fingerprint density at radius 1 is 1.05 bits per heavy atom. The quantitative estimate of drug-likeness (QED) is 0.852. The second-order valence-corrected chi connectivity index (χ2v) is 6.25. The molecule has 2 N–H and O–H groups in total. The summed E-state index contributed by atoms with van der Waals surface area (Å²) in [6.45, 7) is 4.04. The summed E-state index contributed by atoms with van der Waals surface area (Å²) in [5.41, 5.74) is 9.05. The van der Waals surface area contributed by atoms with Gasteiger partial charge in [-0.25, -0.2) is 0 Å². The fraction of sp³-hybridized carbons (Fsp3) is 0.250. The Balaban J connectivity index is 2.41. The molecule has 0 spiro atoms. The average molecular weight is 294 g/mol. The number of benzene rings is 2. The van der Waals surface area contributed by atoms with Crippen LogP contribution in [0.4, 0.5) is 0 Å². The fourth-order valence-corrected chi connectivity index (χ4v) is 2.51. The molecule has 2 aromatic rings. The van der Waals surface area contributed by atoms with Crippen LogP contribution in [0.3, 0.4) is 0 Å². The molecule has 0 saturated heterocycles. The average Bonchev–Trinajstić information content (AvgIpc) is 2.31. The van der Waals surface area contributed by atoms with Crippen LogP contribution in [0.5, 0.6) is 0 Å². The minimum absolute atomic E-state index is 0.225. The predicted octanol–water partition coefficient (Wildman–Crippen LogP) is 4.94. The summed E-state index contributed by atoms with van der Waals surface area (Å²) in [6, 6.07) is 13.9. The molecule has 2 rings (SSSR count). The third-order valence-corrected chi connectivity index (χ3v) is 3.67. The van der Waals surface area contributed by atoms with Gasteiger partial charge in [-0.2, -0.15) is 0 Å². The first-order valence-electron chi connectivity index (χ1n) is 6.19. The van der Waals surface area contributed by atoms with Crippen LogP contribution < -0.4 is 5.73 Å². The molecule has 3 heteroatoms. The van der Waals surface area contributed by atoms with Gasteiger partial charge in [0, 0.05) is 11.1 Å². The van der Waals surface area contributed by atoms with Crippen molar-refractivity contribution in [3.8, 4) is 11.1 Å². The van der Waals surface area contributed by atoms with Gasteiger partial charge in [0.2, 0.25) is 0 Å². The Morgan fingerprint density at radius 2 is 1.74 bits per heavy atom. The molecule has 0 unspecified atom stereocenters. The minimum Gasteiger partial charge on any atom is -0.325 e. The third-order valence-electron chi connectivity index (χ3n) is 2.85. The summed E-state index contributed by atoms with van der Waals surface area (Å²) in [4.78, 5) is 0.